The maximum absolute atomic E-state index is 12.5. The molecule has 0 aromatic heterocycles. The van der Waals surface area contributed by atoms with Crippen LogP contribution in [0.4, 0.5) is 0 Å². The van der Waals surface area contributed by atoms with Crippen LogP contribution in [0.15, 0.2) is 66.7 Å². The first-order valence-electron chi connectivity index (χ1n) is 8.24. The van der Waals surface area contributed by atoms with Gasteiger partial charge in [-0.25, -0.2) is 0 Å². The summed E-state index contributed by atoms with van der Waals surface area (Å²) in [5.41, 5.74) is 1.65. The highest BCUT2D eigenvalue weighted by Gasteiger charge is 2.13. The zero-order chi connectivity index (χ0) is 17.5. The van der Waals surface area contributed by atoms with Crippen LogP contribution in [0.1, 0.15) is 15.9 Å². The molecule has 25 heavy (non-hydrogen) atoms. The summed E-state index contributed by atoms with van der Waals surface area (Å²) in [5.74, 6) is 0.410. The minimum atomic E-state index is -0.161. The standard InChI is InChI=1S/C21H21NO3/c1-24-20-14-18-10-6-5-9-17(18)13-19(20)21(23)22-11-12-25-15-16-7-3-2-4-8-16/h2-10,13-14H,11-12,15H2,1H3,(H,22,23). The van der Waals surface area contributed by atoms with Crippen molar-refractivity contribution >= 4 is 16.7 Å². The van der Waals surface area contributed by atoms with Crippen LogP contribution in [-0.4, -0.2) is 26.2 Å². The van der Waals surface area contributed by atoms with Crippen molar-refractivity contribution in [2.24, 2.45) is 0 Å². The van der Waals surface area contributed by atoms with Crippen LogP contribution < -0.4 is 10.1 Å². The Hall–Kier alpha value is -2.85. The molecule has 0 aliphatic rings. The quantitative estimate of drug-likeness (QED) is 0.668. The summed E-state index contributed by atoms with van der Waals surface area (Å²) in [7, 11) is 1.57. The number of methoxy groups -OCH3 is 1. The normalized spacial score (nSPS) is 10.6. The van der Waals surface area contributed by atoms with E-state index in [0.717, 1.165) is 16.3 Å². The fourth-order valence-corrected chi connectivity index (χ4v) is 2.66. The Morgan fingerprint density at radius 2 is 1.64 bits per heavy atom. The van der Waals surface area contributed by atoms with Crippen LogP contribution in [0, 0.1) is 0 Å². The van der Waals surface area contributed by atoms with Gasteiger partial charge in [0.25, 0.3) is 5.91 Å². The number of rotatable bonds is 7. The Labute approximate surface area is 147 Å². The fraction of sp³-hybridized carbons (Fsp3) is 0.190. The summed E-state index contributed by atoms with van der Waals surface area (Å²) >= 11 is 0. The van der Waals surface area contributed by atoms with Crippen molar-refractivity contribution in [1.29, 1.82) is 0 Å². The van der Waals surface area contributed by atoms with Gasteiger partial charge in [-0.05, 0) is 28.5 Å². The van der Waals surface area contributed by atoms with Gasteiger partial charge in [-0.3, -0.25) is 4.79 Å². The van der Waals surface area contributed by atoms with Crippen molar-refractivity contribution in [3.05, 3.63) is 77.9 Å². The average Bonchev–Trinajstić information content (AvgIpc) is 2.67. The number of nitrogens with one attached hydrogen (secondary N) is 1. The van der Waals surface area contributed by atoms with E-state index in [9.17, 15) is 4.79 Å². The van der Waals surface area contributed by atoms with Crippen LogP contribution in [0.3, 0.4) is 0 Å². The largest absolute Gasteiger partial charge is 0.496 e. The Morgan fingerprint density at radius 3 is 2.36 bits per heavy atom. The lowest BCUT2D eigenvalue weighted by atomic mass is 10.1. The molecule has 4 nitrogen and oxygen atoms in total. The van der Waals surface area contributed by atoms with E-state index >= 15 is 0 Å². The molecule has 1 amide bonds. The van der Waals surface area contributed by atoms with Crippen LogP contribution >= 0.6 is 0 Å². The van der Waals surface area contributed by atoms with Crippen molar-refractivity contribution in [1.82, 2.24) is 5.32 Å². The van der Waals surface area contributed by atoms with Gasteiger partial charge in [-0.15, -0.1) is 0 Å². The molecule has 0 heterocycles. The van der Waals surface area contributed by atoms with Crippen LogP contribution in [0.2, 0.25) is 0 Å². The summed E-state index contributed by atoms with van der Waals surface area (Å²) in [4.78, 5) is 12.5. The smallest absolute Gasteiger partial charge is 0.255 e. The third-order valence-corrected chi connectivity index (χ3v) is 3.96. The third-order valence-electron chi connectivity index (χ3n) is 3.96. The van der Waals surface area contributed by atoms with Gasteiger partial charge < -0.3 is 14.8 Å². The number of ether oxygens (including phenoxy) is 2. The van der Waals surface area contributed by atoms with E-state index in [1.807, 2.05) is 66.7 Å². The molecule has 0 saturated heterocycles. The summed E-state index contributed by atoms with van der Waals surface area (Å²) in [6.07, 6.45) is 0. The van der Waals surface area contributed by atoms with Gasteiger partial charge in [-0.2, -0.15) is 0 Å². The lowest BCUT2D eigenvalue weighted by Crippen LogP contribution is -2.27. The number of fused-ring (bicyclic) bond motifs is 1. The van der Waals surface area contributed by atoms with Gasteiger partial charge in [0.15, 0.2) is 0 Å². The Morgan fingerprint density at radius 1 is 0.960 bits per heavy atom. The summed E-state index contributed by atoms with van der Waals surface area (Å²) in [6, 6.07) is 21.6. The molecule has 3 rings (SSSR count). The minimum absolute atomic E-state index is 0.161. The molecular weight excluding hydrogens is 314 g/mol. The lowest BCUT2D eigenvalue weighted by molar-refractivity contribution is 0.0898. The molecule has 3 aromatic rings. The van der Waals surface area contributed by atoms with Crippen LogP contribution in [-0.2, 0) is 11.3 Å². The number of amides is 1. The van der Waals surface area contributed by atoms with Gasteiger partial charge >= 0.3 is 0 Å². The molecule has 0 atom stereocenters. The highest BCUT2D eigenvalue weighted by Crippen LogP contribution is 2.25. The second-order valence-corrected chi connectivity index (χ2v) is 5.69. The molecule has 3 aromatic carbocycles. The van der Waals surface area contributed by atoms with E-state index in [1.165, 1.54) is 0 Å². The van der Waals surface area contributed by atoms with E-state index in [0.29, 0.717) is 31.1 Å². The third kappa shape index (κ3) is 4.37. The molecular formula is C21H21NO3. The molecule has 0 spiro atoms. The second-order valence-electron chi connectivity index (χ2n) is 5.69. The number of hydrogen-bond acceptors (Lipinski definition) is 3. The first kappa shape index (κ1) is 17.0. The maximum atomic E-state index is 12.5. The molecule has 0 saturated carbocycles. The zero-order valence-corrected chi connectivity index (χ0v) is 14.2. The van der Waals surface area contributed by atoms with Gasteiger partial charge in [0.2, 0.25) is 0 Å². The predicted molar refractivity (Wildman–Crippen MR) is 98.9 cm³/mol. The molecule has 1 N–H and O–H groups in total. The highest BCUT2D eigenvalue weighted by atomic mass is 16.5. The Kier molecular flexibility index (Phi) is 5.65. The molecule has 0 radical (unpaired) electrons. The molecule has 0 fully saturated rings. The number of benzene rings is 3. The summed E-state index contributed by atoms with van der Waals surface area (Å²) in [5, 5.41) is 4.93. The van der Waals surface area contributed by atoms with Gasteiger partial charge in [0, 0.05) is 6.54 Å². The van der Waals surface area contributed by atoms with Gasteiger partial charge in [0.05, 0.1) is 25.9 Å². The molecule has 0 aliphatic carbocycles. The number of hydrogen-bond donors (Lipinski definition) is 1. The summed E-state index contributed by atoms with van der Waals surface area (Å²) in [6.45, 7) is 1.44. The van der Waals surface area contributed by atoms with E-state index in [4.69, 9.17) is 9.47 Å². The second kappa shape index (κ2) is 8.31. The first-order chi connectivity index (χ1) is 12.3. The summed E-state index contributed by atoms with van der Waals surface area (Å²) < 4.78 is 11.0. The lowest BCUT2D eigenvalue weighted by Gasteiger charge is -2.11. The first-order valence-corrected chi connectivity index (χ1v) is 8.24. The molecule has 0 bridgehead atoms. The fourth-order valence-electron chi connectivity index (χ4n) is 2.66. The predicted octanol–water partition coefficient (Wildman–Crippen LogP) is 3.80. The number of carbonyl (C=O) groups excluding carboxylic acids is 1. The topological polar surface area (TPSA) is 47.6 Å². The molecule has 4 heteroatoms. The van der Waals surface area contributed by atoms with Gasteiger partial charge in [0.1, 0.15) is 5.75 Å². The number of carbonyl (C=O) groups is 1. The van der Waals surface area contributed by atoms with Crippen LogP contribution in [0.25, 0.3) is 10.8 Å². The minimum Gasteiger partial charge on any atom is -0.496 e. The van der Waals surface area contributed by atoms with E-state index in [1.54, 1.807) is 7.11 Å². The van der Waals surface area contributed by atoms with E-state index < -0.39 is 0 Å². The Balaban J connectivity index is 1.56. The monoisotopic (exact) mass is 335 g/mol. The zero-order valence-electron chi connectivity index (χ0n) is 14.2. The maximum Gasteiger partial charge on any atom is 0.255 e. The van der Waals surface area contributed by atoms with Crippen molar-refractivity contribution in [2.75, 3.05) is 20.3 Å². The molecule has 0 unspecified atom stereocenters. The van der Waals surface area contributed by atoms with Crippen molar-refractivity contribution in [2.45, 2.75) is 6.61 Å². The average molecular weight is 335 g/mol. The van der Waals surface area contributed by atoms with Crippen molar-refractivity contribution in [3.63, 3.8) is 0 Å². The van der Waals surface area contributed by atoms with Crippen molar-refractivity contribution in [3.8, 4) is 5.75 Å². The Bertz CT molecular complexity index is 846. The molecule has 128 valence electrons. The van der Waals surface area contributed by atoms with Crippen LogP contribution in [0.5, 0.6) is 5.75 Å². The van der Waals surface area contributed by atoms with Crippen molar-refractivity contribution < 1.29 is 14.3 Å². The SMILES string of the molecule is COc1cc2ccccc2cc1C(=O)NCCOCc1ccccc1. The van der Waals surface area contributed by atoms with Gasteiger partial charge in [-0.1, -0.05) is 54.6 Å². The highest BCUT2D eigenvalue weighted by molar-refractivity contribution is 6.01. The molecule has 0 aliphatic heterocycles. The van der Waals surface area contributed by atoms with E-state index in [-0.39, 0.29) is 5.91 Å². The van der Waals surface area contributed by atoms with E-state index in [2.05, 4.69) is 5.32 Å².